The molecular weight excluding hydrogens is 400 g/mol. The first kappa shape index (κ1) is 23.0. The average molecular weight is 433 g/mol. The largest absolute Gasteiger partial charge is 0.467 e. The average Bonchev–Trinajstić information content (AvgIpc) is 3.27. The predicted molar refractivity (Wildman–Crippen MR) is 134 cm³/mol. The highest BCUT2D eigenvalue weighted by atomic mass is 32.2. The fraction of sp³-hybridized carbons (Fsp3) is 0.296. The molecule has 0 spiro atoms. The summed E-state index contributed by atoms with van der Waals surface area (Å²) in [5.41, 5.74) is 5.96. The number of thioether (sulfide) groups is 1. The van der Waals surface area contributed by atoms with E-state index >= 15 is 0 Å². The Morgan fingerprint density at radius 1 is 1.03 bits per heavy atom. The van der Waals surface area contributed by atoms with Crippen molar-refractivity contribution in [2.75, 3.05) is 7.05 Å². The highest BCUT2D eigenvalue weighted by Gasteiger charge is 2.20. The van der Waals surface area contributed by atoms with Gasteiger partial charge in [-0.25, -0.2) is 0 Å². The molecule has 1 aromatic heterocycles. The number of benzene rings is 2. The number of hydrogen-bond donors (Lipinski definition) is 0. The molecule has 0 aliphatic heterocycles. The minimum absolute atomic E-state index is 0.119. The molecule has 0 aliphatic carbocycles. The molecule has 3 nitrogen and oxygen atoms in total. The molecular formula is C27H32N2OS. The number of amidine groups is 1. The van der Waals surface area contributed by atoms with Gasteiger partial charge >= 0.3 is 0 Å². The van der Waals surface area contributed by atoms with Crippen LogP contribution in [0.5, 0.6) is 0 Å². The summed E-state index contributed by atoms with van der Waals surface area (Å²) in [5.74, 6) is 1.72. The van der Waals surface area contributed by atoms with Crippen LogP contribution < -0.4 is 0 Å². The summed E-state index contributed by atoms with van der Waals surface area (Å²) in [5, 5.41) is 0.918. The van der Waals surface area contributed by atoms with Crippen molar-refractivity contribution in [3.05, 3.63) is 102 Å². The van der Waals surface area contributed by atoms with Crippen molar-refractivity contribution in [1.82, 2.24) is 4.90 Å². The molecule has 0 radical (unpaired) electrons. The maximum Gasteiger partial charge on any atom is 0.164 e. The highest BCUT2D eigenvalue weighted by Crippen LogP contribution is 2.29. The Hall–Kier alpha value is -2.72. The minimum Gasteiger partial charge on any atom is -0.467 e. The molecule has 162 valence electrons. The number of aryl methyl sites for hydroxylation is 1. The van der Waals surface area contributed by atoms with Crippen LogP contribution in [0.15, 0.2) is 82.9 Å². The lowest BCUT2D eigenvalue weighted by Gasteiger charge is -2.27. The van der Waals surface area contributed by atoms with Gasteiger partial charge in [0.25, 0.3) is 0 Å². The minimum atomic E-state index is 0.119. The van der Waals surface area contributed by atoms with Gasteiger partial charge in [0.05, 0.1) is 12.8 Å². The summed E-state index contributed by atoms with van der Waals surface area (Å²) in [7, 11) is 1.84. The predicted octanol–water partition coefficient (Wildman–Crippen LogP) is 7.28. The number of aliphatic imine (C=N–C) groups is 1. The smallest absolute Gasteiger partial charge is 0.164 e. The van der Waals surface area contributed by atoms with Crippen molar-refractivity contribution < 1.29 is 4.42 Å². The van der Waals surface area contributed by atoms with Crippen molar-refractivity contribution in [2.45, 2.75) is 45.4 Å². The lowest BCUT2D eigenvalue weighted by molar-refractivity contribution is 0.446. The standard InChI is InChI=1S/C27H32N2OS/c1-20-9-11-22(12-10-20)19-31-26(28-6)29(18-25-8-7-17-30-25)21(2)23-13-15-24(16-14-23)27(3,4)5/h7-17H,2,18-19H2,1,3-6H3/b28-26+. The second-order valence-electron chi connectivity index (χ2n) is 8.72. The monoisotopic (exact) mass is 432 g/mol. The molecule has 0 amide bonds. The van der Waals surface area contributed by atoms with E-state index in [0.29, 0.717) is 6.54 Å². The SMILES string of the molecule is C=C(c1ccc(C(C)(C)C)cc1)N(Cc1ccco1)/C(=N\C)SCc1ccc(C)cc1. The molecule has 2 aromatic carbocycles. The van der Waals surface area contributed by atoms with Crippen LogP contribution in [0, 0.1) is 6.92 Å². The second-order valence-corrected chi connectivity index (χ2v) is 9.66. The molecule has 0 saturated carbocycles. The van der Waals surface area contributed by atoms with E-state index in [1.54, 1.807) is 18.0 Å². The van der Waals surface area contributed by atoms with Gasteiger partial charge in [-0.1, -0.05) is 93.2 Å². The summed E-state index contributed by atoms with van der Waals surface area (Å²) < 4.78 is 5.64. The van der Waals surface area contributed by atoms with Crippen molar-refractivity contribution in [3.8, 4) is 0 Å². The van der Waals surface area contributed by atoms with Gasteiger partial charge in [-0.3, -0.25) is 4.99 Å². The second kappa shape index (κ2) is 10.1. The van der Waals surface area contributed by atoms with Crippen LogP contribution in [0.3, 0.4) is 0 Å². The summed E-state index contributed by atoms with van der Waals surface area (Å²) in [6.07, 6.45) is 1.70. The molecule has 0 bridgehead atoms. The normalized spacial score (nSPS) is 12.1. The lowest BCUT2D eigenvalue weighted by atomic mass is 9.86. The first-order valence-corrected chi connectivity index (χ1v) is 11.5. The Morgan fingerprint density at radius 3 is 2.26 bits per heavy atom. The summed E-state index contributed by atoms with van der Waals surface area (Å²) in [6, 6.07) is 21.2. The van der Waals surface area contributed by atoms with Gasteiger partial charge in [-0.15, -0.1) is 0 Å². The van der Waals surface area contributed by atoms with Gasteiger partial charge in [-0.05, 0) is 41.2 Å². The fourth-order valence-corrected chi connectivity index (χ4v) is 4.20. The van der Waals surface area contributed by atoms with Gasteiger partial charge < -0.3 is 9.32 Å². The highest BCUT2D eigenvalue weighted by molar-refractivity contribution is 8.13. The van der Waals surface area contributed by atoms with E-state index in [4.69, 9.17) is 4.42 Å². The van der Waals surface area contributed by atoms with Gasteiger partial charge in [-0.2, -0.15) is 0 Å². The third-order valence-electron chi connectivity index (χ3n) is 5.21. The molecule has 1 heterocycles. The van der Waals surface area contributed by atoms with Crippen LogP contribution in [0.25, 0.3) is 5.70 Å². The van der Waals surface area contributed by atoms with Gasteiger partial charge in [0.1, 0.15) is 5.76 Å². The third-order valence-corrected chi connectivity index (χ3v) is 6.35. The van der Waals surface area contributed by atoms with E-state index in [9.17, 15) is 0 Å². The summed E-state index contributed by atoms with van der Waals surface area (Å²) in [6.45, 7) is 13.8. The maximum absolute atomic E-state index is 5.64. The van der Waals surface area contributed by atoms with Crippen LogP contribution in [0.1, 0.15) is 48.8 Å². The first-order valence-electron chi connectivity index (χ1n) is 10.5. The Kier molecular flexibility index (Phi) is 7.45. The first-order chi connectivity index (χ1) is 14.8. The van der Waals surface area contributed by atoms with Crippen molar-refractivity contribution >= 4 is 22.6 Å². The van der Waals surface area contributed by atoms with E-state index in [-0.39, 0.29) is 5.41 Å². The molecule has 0 aliphatic rings. The van der Waals surface area contributed by atoms with Crippen molar-refractivity contribution in [1.29, 1.82) is 0 Å². The fourth-order valence-electron chi connectivity index (χ4n) is 3.25. The number of furan rings is 1. The van der Waals surface area contributed by atoms with E-state index in [0.717, 1.165) is 27.9 Å². The Bertz CT molecular complexity index is 1010. The zero-order chi connectivity index (χ0) is 22.4. The van der Waals surface area contributed by atoms with E-state index in [2.05, 4.69) is 92.7 Å². The topological polar surface area (TPSA) is 28.7 Å². The van der Waals surface area contributed by atoms with Crippen molar-refractivity contribution in [3.63, 3.8) is 0 Å². The van der Waals surface area contributed by atoms with Gasteiger partial charge in [0.15, 0.2) is 5.17 Å². The zero-order valence-electron chi connectivity index (χ0n) is 19.2. The number of hydrogen-bond acceptors (Lipinski definition) is 3. The molecule has 0 N–H and O–H groups in total. The molecule has 3 rings (SSSR count). The zero-order valence-corrected chi connectivity index (χ0v) is 20.0. The Labute approximate surface area is 190 Å². The quantitative estimate of drug-likeness (QED) is 0.303. The summed E-state index contributed by atoms with van der Waals surface area (Å²) in [4.78, 5) is 6.75. The number of nitrogens with zero attached hydrogens (tertiary/aromatic N) is 2. The van der Waals surface area contributed by atoms with E-state index in [1.807, 2.05) is 19.2 Å². The molecule has 0 unspecified atom stereocenters. The number of rotatable bonds is 6. The Morgan fingerprint density at radius 2 is 1.71 bits per heavy atom. The molecule has 4 heteroatoms. The van der Waals surface area contributed by atoms with Crippen LogP contribution in [0.2, 0.25) is 0 Å². The molecule has 0 saturated heterocycles. The van der Waals surface area contributed by atoms with E-state index < -0.39 is 0 Å². The van der Waals surface area contributed by atoms with Crippen LogP contribution in [-0.4, -0.2) is 17.1 Å². The molecule has 0 fully saturated rings. The summed E-state index contributed by atoms with van der Waals surface area (Å²) >= 11 is 1.71. The lowest BCUT2D eigenvalue weighted by Crippen LogP contribution is -2.26. The Balaban J connectivity index is 1.83. The van der Waals surface area contributed by atoms with Crippen LogP contribution in [-0.2, 0) is 17.7 Å². The third kappa shape index (κ3) is 6.14. The molecule has 3 aromatic rings. The maximum atomic E-state index is 5.64. The van der Waals surface area contributed by atoms with Crippen LogP contribution in [0.4, 0.5) is 0 Å². The molecule has 0 atom stereocenters. The molecule has 31 heavy (non-hydrogen) atoms. The van der Waals surface area contributed by atoms with Gasteiger partial charge in [0, 0.05) is 18.5 Å². The van der Waals surface area contributed by atoms with Crippen LogP contribution >= 0.6 is 11.8 Å². The van der Waals surface area contributed by atoms with Gasteiger partial charge in [0.2, 0.25) is 0 Å². The van der Waals surface area contributed by atoms with Crippen molar-refractivity contribution in [2.24, 2.45) is 4.99 Å². The van der Waals surface area contributed by atoms with E-state index in [1.165, 1.54) is 16.7 Å².